The van der Waals surface area contributed by atoms with Crippen molar-refractivity contribution in [2.45, 2.75) is 11.7 Å². The van der Waals surface area contributed by atoms with E-state index in [0.29, 0.717) is 18.0 Å². The van der Waals surface area contributed by atoms with Crippen LogP contribution >= 0.6 is 23.1 Å². The van der Waals surface area contributed by atoms with Crippen molar-refractivity contribution < 1.29 is 4.79 Å². The van der Waals surface area contributed by atoms with Gasteiger partial charge in [-0.15, -0.1) is 21.5 Å². The Morgan fingerprint density at radius 3 is 2.63 bits per heavy atom. The molecular formula is C20H18N4OS2. The smallest absolute Gasteiger partial charge is 0.192 e. The van der Waals surface area contributed by atoms with Gasteiger partial charge in [0.15, 0.2) is 16.8 Å². The largest absolute Gasteiger partial charge is 0.348 e. The minimum Gasteiger partial charge on any atom is -0.348 e. The number of aromatic nitrogens is 4. The molecule has 0 unspecified atom stereocenters. The standard InChI is InChI=1S/C20H18N4OS2/c1-23-11-5-9-16(23)17(25)14-27-20-22-21-19(18-10-6-12-26-18)24(20)13-15-7-3-2-4-8-15/h2-12H,13-14H2,1H3. The van der Waals surface area contributed by atoms with Gasteiger partial charge in [0.2, 0.25) is 0 Å². The zero-order chi connectivity index (χ0) is 18.6. The zero-order valence-corrected chi connectivity index (χ0v) is 16.4. The van der Waals surface area contributed by atoms with Crippen LogP contribution in [0.2, 0.25) is 0 Å². The monoisotopic (exact) mass is 394 g/mol. The van der Waals surface area contributed by atoms with E-state index in [2.05, 4.69) is 26.9 Å². The van der Waals surface area contributed by atoms with Gasteiger partial charge in [0, 0.05) is 13.2 Å². The summed E-state index contributed by atoms with van der Waals surface area (Å²) in [5.74, 6) is 1.25. The third kappa shape index (κ3) is 3.89. The summed E-state index contributed by atoms with van der Waals surface area (Å²) in [4.78, 5) is 13.6. The molecule has 0 amide bonds. The van der Waals surface area contributed by atoms with Crippen molar-refractivity contribution in [1.29, 1.82) is 0 Å². The Morgan fingerprint density at radius 2 is 1.93 bits per heavy atom. The fourth-order valence-electron chi connectivity index (χ4n) is 2.85. The number of ketones is 1. The molecule has 0 aliphatic rings. The van der Waals surface area contributed by atoms with Gasteiger partial charge < -0.3 is 4.57 Å². The number of carbonyl (C=O) groups excluding carboxylic acids is 1. The minimum atomic E-state index is 0.0828. The average Bonchev–Trinajstić information content (AvgIpc) is 3.42. The summed E-state index contributed by atoms with van der Waals surface area (Å²) in [6, 6.07) is 18.0. The van der Waals surface area contributed by atoms with Gasteiger partial charge in [-0.1, -0.05) is 48.2 Å². The van der Waals surface area contributed by atoms with E-state index in [0.717, 1.165) is 15.9 Å². The fraction of sp³-hybridized carbons (Fsp3) is 0.150. The first-order valence-corrected chi connectivity index (χ1v) is 10.4. The Labute approximate surface area is 165 Å². The van der Waals surface area contributed by atoms with Crippen LogP contribution in [0.3, 0.4) is 0 Å². The maximum absolute atomic E-state index is 12.5. The molecule has 4 rings (SSSR count). The first-order valence-electron chi connectivity index (χ1n) is 8.50. The molecule has 0 saturated carbocycles. The van der Waals surface area contributed by atoms with Crippen LogP contribution in [-0.4, -0.2) is 30.9 Å². The lowest BCUT2D eigenvalue weighted by Gasteiger charge is -2.09. The van der Waals surface area contributed by atoms with Gasteiger partial charge in [0.25, 0.3) is 0 Å². The number of thioether (sulfide) groups is 1. The predicted octanol–water partition coefficient (Wildman–Crippen LogP) is 4.37. The van der Waals surface area contributed by atoms with Crippen LogP contribution in [0.25, 0.3) is 10.7 Å². The van der Waals surface area contributed by atoms with Crippen LogP contribution in [0.4, 0.5) is 0 Å². The molecule has 3 heterocycles. The molecule has 5 nitrogen and oxygen atoms in total. The zero-order valence-electron chi connectivity index (χ0n) is 14.8. The van der Waals surface area contributed by atoms with E-state index in [9.17, 15) is 4.79 Å². The molecule has 7 heteroatoms. The van der Waals surface area contributed by atoms with Crippen molar-refractivity contribution in [1.82, 2.24) is 19.3 Å². The van der Waals surface area contributed by atoms with Gasteiger partial charge in [0.05, 0.1) is 22.9 Å². The molecule has 0 N–H and O–H groups in total. The second-order valence-electron chi connectivity index (χ2n) is 6.07. The summed E-state index contributed by atoms with van der Waals surface area (Å²) >= 11 is 3.07. The third-order valence-electron chi connectivity index (χ3n) is 4.20. The Hall–Kier alpha value is -2.64. The van der Waals surface area contributed by atoms with E-state index in [1.54, 1.807) is 11.3 Å². The predicted molar refractivity (Wildman–Crippen MR) is 109 cm³/mol. The van der Waals surface area contributed by atoms with Crippen molar-refractivity contribution in [2.24, 2.45) is 7.05 Å². The number of hydrogen-bond acceptors (Lipinski definition) is 5. The Bertz CT molecular complexity index is 1040. The normalized spacial score (nSPS) is 11.0. The van der Waals surface area contributed by atoms with E-state index in [1.807, 2.05) is 65.7 Å². The first kappa shape index (κ1) is 17.8. The summed E-state index contributed by atoms with van der Waals surface area (Å²) in [5.41, 5.74) is 1.88. The summed E-state index contributed by atoms with van der Waals surface area (Å²) in [7, 11) is 1.88. The van der Waals surface area contributed by atoms with Gasteiger partial charge in [0.1, 0.15) is 0 Å². The van der Waals surface area contributed by atoms with Crippen molar-refractivity contribution in [3.63, 3.8) is 0 Å². The highest BCUT2D eigenvalue weighted by Crippen LogP contribution is 2.28. The van der Waals surface area contributed by atoms with Gasteiger partial charge in [-0.05, 0) is 29.1 Å². The molecule has 27 heavy (non-hydrogen) atoms. The highest BCUT2D eigenvalue weighted by Gasteiger charge is 2.18. The van der Waals surface area contributed by atoms with Crippen LogP contribution < -0.4 is 0 Å². The van der Waals surface area contributed by atoms with Crippen molar-refractivity contribution in [3.8, 4) is 10.7 Å². The number of aryl methyl sites for hydroxylation is 1. The number of nitrogens with zero attached hydrogens (tertiary/aromatic N) is 4. The van der Waals surface area contributed by atoms with E-state index in [1.165, 1.54) is 17.3 Å². The number of hydrogen-bond donors (Lipinski definition) is 0. The second kappa shape index (κ2) is 7.94. The Kier molecular flexibility index (Phi) is 5.22. The molecule has 0 fully saturated rings. The third-order valence-corrected chi connectivity index (χ3v) is 6.04. The molecule has 3 aromatic heterocycles. The molecule has 0 radical (unpaired) electrons. The molecule has 0 aliphatic carbocycles. The fourth-order valence-corrected chi connectivity index (χ4v) is 4.38. The molecule has 1 aromatic carbocycles. The van der Waals surface area contributed by atoms with Gasteiger partial charge in [-0.2, -0.15) is 0 Å². The molecule has 4 aromatic rings. The van der Waals surface area contributed by atoms with E-state index in [-0.39, 0.29) is 5.78 Å². The number of carbonyl (C=O) groups is 1. The molecule has 136 valence electrons. The molecule has 0 spiro atoms. The summed E-state index contributed by atoms with van der Waals surface area (Å²) in [6.45, 7) is 0.668. The lowest BCUT2D eigenvalue weighted by Crippen LogP contribution is -2.09. The van der Waals surface area contributed by atoms with E-state index >= 15 is 0 Å². The topological polar surface area (TPSA) is 52.7 Å². The summed E-state index contributed by atoms with van der Waals surface area (Å²) < 4.78 is 3.93. The SMILES string of the molecule is Cn1cccc1C(=O)CSc1nnc(-c2cccs2)n1Cc1ccccc1. The van der Waals surface area contributed by atoms with Gasteiger partial charge in [-0.3, -0.25) is 9.36 Å². The van der Waals surface area contributed by atoms with Crippen molar-refractivity contribution >= 4 is 28.9 Å². The van der Waals surface area contributed by atoms with Gasteiger partial charge in [-0.25, -0.2) is 0 Å². The van der Waals surface area contributed by atoms with Crippen LogP contribution in [0, 0.1) is 0 Å². The summed E-state index contributed by atoms with van der Waals surface area (Å²) in [5, 5.41) is 11.6. The molecule has 0 aliphatic heterocycles. The Balaban J connectivity index is 1.60. The van der Waals surface area contributed by atoms with E-state index in [4.69, 9.17) is 0 Å². The van der Waals surface area contributed by atoms with E-state index < -0.39 is 0 Å². The second-order valence-corrected chi connectivity index (χ2v) is 7.96. The molecule has 0 bridgehead atoms. The number of Topliss-reactive ketones (excluding diaryl/α,β-unsaturated/α-hetero) is 1. The minimum absolute atomic E-state index is 0.0828. The van der Waals surface area contributed by atoms with Crippen LogP contribution in [0.15, 0.2) is 71.3 Å². The highest BCUT2D eigenvalue weighted by atomic mass is 32.2. The van der Waals surface area contributed by atoms with Crippen LogP contribution in [-0.2, 0) is 13.6 Å². The van der Waals surface area contributed by atoms with Crippen molar-refractivity contribution in [2.75, 3.05) is 5.75 Å². The Morgan fingerprint density at radius 1 is 1.07 bits per heavy atom. The highest BCUT2D eigenvalue weighted by molar-refractivity contribution is 7.99. The number of thiophene rings is 1. The molecule has 0 atom stereocenters. The van der Waals surface area contributed by atoms with Crippen LogP contribution in [0.5, 0.6) is 0 Å². The number of benzene rings is 1. The average molecular weight is 395 g/mol. The number of rotatable bonds is 7. The van der Waals surface area contributed by atoms with Gasteiger partial charge >= 0.3 is 0 Å². The quantitative estimate of drug-likeness (QED) is 0.345. The lowest BCUT2D eigenvalue weighted by molar-refractivity contribution is 0.101. The van der Waals surface area contributed by atoms with Crippen molar-refractivity contribution in [3.05, 3.63) is 77.4 Å². The summed E-state index contributed by atoms with van der Waals surface area (Å²) in [6.07, 6.45) is 1.88. The maximum atomic E-state index is 12.5. The lowest BCUT2D eigenvalue weighted by atomic mass is 10.2. The molecular weight excluding hydrogens is 376 g/mol. The first-order chi connectivity index (χ1) is 13.2. The maximum Gasteiger partial charge on any atom is 0.192 e. The van der Waals surface area contributed by atoms with Crippen LogP contribution in [0.1, 0.15) is 16.1 Å². The molecule has 0 saturated heterocycles.